The minimum atomic E-state index is -0.185. The lowest BCUT2D eigenvalue weighted by Gasteiger charge is -2.34. The second kappa shape index (κ2) is 10.5. The molecule has 2 aliphatic heterocycles. The van der Waals surface area contributed by atoms with Crippen molar-refractivity contribution in [3.8, 4) is 0 Å². The standard InChI is InChI=1S/C26H32N4O3/c1-19(22-10-7-11-23(18-22)28-25(32)20-8-3-2-4-9-20)27-24(31)21-12-16-30(17-13-21)26(33)29-14-5-6-15-29/h2-4,7-11,18-19,21H,5-6,12-17H2,1H3,(H,27,31)(H,28,32). The molecule has 2 fully saturated rings. The third-order valence-electron chi connectivity index (χ3n) is 6.55. The molecule has 4 amide bonds. The van der Waals surface area contributed by atoms with Crippen molar-refractivity contribution in [1.82, 2.24) is 15.1 Å². The summed E-state index contributed by atoms with van der Waals surface area (Å²) >= 11 is 0. The predicted molar refractivity (Wildman–Crippen MR) is 128 cm³/mol. The van der Waals surface area contributed by atoms with E-state index in [1.54, 1.807) is 12.1 Å². The van der Waals surface area contributed by atoms with Crippen LogP contribution in [0, 0.1) is 5.92 Å². The number of carbonyl (C=O) groups is 3. The van der Waals surface area contributed by atoms with Crippen LogP contribution in [0.15, 0.2) is 54.6 Å². The lowest BCUT2D eigenvalue weighted by Crippen LogP contribution is -2.47. The molecule has 4 rings (SSSR count). The molecule has 0 spiro atoms. The Morgan fingerprint density at radius 2 is 1.55 bits per heavy atom. The molecular weight excluding hydrogens is 416 g/mol. The van der Waals surface area contributed by atoms with Gasteiger partial charge in [-0.15, -0.1) is 0 Å². The van der Waals surface area contributed by atoms with Gasteiger partial charge >= 0.3 is 6.03 Å². The van der Waals surface area contributed by atoms with Crippen LogP contribution >= 0.6 is 0 Å². The van der Waals surface area contributed by atoms with Crippen molar-refractivity contribution >= 4 is 23.5 Å². The number of amides is 4. The molecule has 0 aliphatic carbocycles. The maximum Gasteiger partial charge on any atom is 0.319 e. The number of nitrogens with one attached hydrogen (secondary N) is 2. The second-order valence-electron chi connectivity index (χ2n) is 8.91. The quantitative estimate of drug-likeness (QED) is 0.724. The maximum absolute atomic E-state index is 12.9. The average molecular weight is 449 g/mol. The number of hydrogen-bond donors (Lipinski definition) is 2. The molecule has 2 aliphatic rings. The number of nitrogens with zero attached hydrogens (tertiary/aromatic N) is 2. The van der Waals surface area contributed by atoms with Gasteiger partial charge in [-0.05, 0) is 62.4 Å². The smallest absolute Gasteiger partial charge is 0.319 e. The Kier molecular flexibility index (Phi) is 7.27. The number of rotatable bonds is 5. The Hall–Kier alpha value is -3.35. The van der Waals surface area contributed by atoms with Crippen molar-refractivity contribution in [3.05, 3.63) is 65.7 Å². The molecule has 2 saturated heterocycles. The van der Waals surface area contributed by atoms with Crippen molar-refractivity contribution in [2.75, 3.05) is 31.5 Å². The van der Waals surface area contributed by atoms with E-state index >= 15 is 0 Å². The summed E-state index contributed by atoms with van der Waals surface area (Å²) in [5.74, 6) is -0.231. The topological polar surface area (TPSA) is 81.8 Å². The van der Waals surface area contributed by atoms with Crippen LogP contribution in [0.5, 0.6) is 0 Å². The summed E-state index contributed by atoms with van der Waals surface area (Å²) in [7, 11) is 0. The third kappa shape index (κ3) is 5.72. The lowest BCUT2D eigenvalue weighted by atomic mass is 9.95. The van der Waals surface area contributed by atoms with E-state index in [1.807, 2.05) is 59.2 Å². The molecular formula is C26H32N4O3. The second-order valence-corrected chi connectivity index (χ2v) is 8.91. The van der Waals surface area contributed by atoms with Gasteiger partial charge in [0.2, 0.25) is 5.91 Å². The predicted octanol–water partition coefficient (Wildman–Crippen LogP) is 4.04. The zero-order valence-electron chi connectivity index (χ0n) is 19.1. The molecule has 2 aromatic rings. The summed E-state index contributed by atoms with van der Waals surface area (Å²) in [6.07, 6.45) is 3.54. The summed E-state index contributed by atoms with van der Waals surface area (Å²) in [5.41, 5.74) is 2.21. The van der Waals surface area contributed by atoms with Gasteiger partial charge in [0.1, 0.15) is 0 Å². The van der Waals surface area contributed by atoms with Crippen LogP contribution in [-0.2, 0) is 4.79 Å². The molecule has 7 heteroatoms. The highest BCUT2D eigenvalue weighted by Gasteiger charge is 2.30. The van der Waals surface area contributed by atoms with Gasteiger partial charge in [0.25, 0.3) is 5.91 Å². The van der Waals surface area contributed by atoms with Crippen LogP contribution in [0.25, 0.3) is 0 Å². The first-order chi connectivity index (χ1) is 16.0. The fourth-order valence-electron chi connectivity index (χ4n) is 4.53. The van der Waals surface area contributed by atoms with E-state index < -0.39 is 0 Å². The van der Waals surface area contributed by atoms with Gasteiger partial charge in [-0.25, -0.2) is 4.79 Å². The number of benzene rings is 2. The van der Waals surface area contributed by atoms with Crippen LogP contribution in [0.3, 0.4) is 0 Å². The number of hydrogen-bond acceptors (Lipinski definition) is 3. The van der Waals surface area contributed by atoms with Crippen molar-refractivity contribution < 1.29 is 14.4 Å². The fraction of sp³-hybridized carbons (Fsp3) is 0.423. The van der Waals surface area contributed by atoms with E-state index in [0.717, 1.165) is 31.5 Å². The summed E-state index contributed by atoms with van der Waals surface area (Å²) < 4.78 is 0. The normalized spacial score (nSPS) is 17.5. The van der Waals surface area contributed by atoms with Gasteiger partial charge in [-0.1, -0.05) is 30.3 Å². The molecule has 0 saturated carbocycles. The van der Waals surface area contributed by atoms with E-state index in [9.17, 15) is 14.4 Å². The van der Waals surface area contributed by atoms with Gasteiger partial charge in [0.15, 0.2) is 0 Å². The Labute approximate surface area is 195 Å². The first kappa shape index (κ1) is 22.8. The van der Waals surface area contributed by atoms with Crippen LogP contribution in [-0.4, -0.2) is 53.8 Å². The van der Waals surface area contributed by atoms with Gasteiger partial charge < -0.3 is 20.4 Å². The summed E-state index contributed by atoms with van der Waals surface area (Å²) in [4.78, 5) is 41.7. The molecule has 2 heterocycles. The Balaban J connectivity index is 1.29. The largest absolute Gasteiger partial charge is 0.349 e. The van der Waals surface area contributed by atoms with E-state index in [-0.39, 0.29) is 29.8 Å². The molecule has 1 unspecified atom stereocenters. The van der Waals surface area contributed by atoms with E-state index in [1.165, 1.54) is 0 Å². The number of anilines is 1. The van der Waals surface area contributed by atoms with Crippen LogP contribution in [0.4, 0.5) is 10.5 Å². The lowest BCUT2D eigenvalue weighted by molar-refractivity contribution is -0.127. The molecule has 33 heavy (non-hydrogen) atoms. The van der Waals surface area contributed by atoms with E-state index in [4.69, 9.17) is 0 Å². The van der Waals surface area contributed by atoms with Crippen LogP contribution in [0.1, 0.15) is 54.6 Å². The highest BCUT2D eigenvalue weighted by atomic mass is 16.2. The van der Waals surface area contributed by atoms with E-state index in [0.29, 0.717) is 37.2 Å². The Morgan fingerprint density at radius 1 is 0.879 bits per heavy atom. The van der Waals surface area contributed by atoms with Gasteiger partial charge in [0.05, 0.1) is 6.04 Å². The number of likely N-dealkylation sites (tertiary alicyclic amines) is 2. The van der Waals surface area contributed by atoms with Crippen LogP contribution in [0.2, 0.25) is 0 Å². The van der Waals surface area contributed by atoms with Gasteiger partial charge in [-0.3, -0.25) is 9.59 Å². The summed E-state index contributed by atoms with van der Waals surface area (Å²) in [6, 6.07) is 16.6. The number of carbonyl (C=O) groups excluding carboxylic acids is 3. The summed E-state index contributed by atoms with van der Waals surface area (Å²) in [6.45, 7) is 4.90. The minimum Gasteiger partial charge on any atom is -0.349 e. The van der Waals surface area contributed by atoms with Crippen LogP contribution < -0.4 is 10.6 Å². The molecule has 2 aromatic carbocycles. The average Bonchev–Trinajstić information content (AvgIpc) is 3.39. The molecule has 0 radical (unpaired) electrons. The Bertz CT molecular complexity index is 980. The first-order valence-corrected chi connectivity index (χ1v) is 11.8. The van der Waals surface area contributed by atoms with Crippen molar-refractivity contribution in [2.24, 2.45) is 5.92 Å². The first-order valence-electron chi connectivity index (χ1n) is 11.8. The van der Waals surface area contributed by atoms with Gasteiger partial charge in [0, 0.05) is 43.3 Å². The van der Waals surface area contributed by atoms with E-state index in [2.05, 4.69) is 10.6 Å². The van der Waals surface area contributed by atoms with Crippen molar-refractivity contribution in [3.63, 3.8) is 0 Å². The number of piperidine rings is 1. The van der Waals surface area contributed by atoms with Gasteiger partial charge in [-0.2, -0.15) is 0 Å². The molecule has 2 N–H and O–H groups in total. The monoisotopic (exact) mass is 448 g/mol. The molecule has 7 nitrogen and oxygen atoms in total. The summed E-state index contributed by atoms with van der Waals surface area (Å²) in [5, 5.41) is 6.03. The molecule has 0 bridgehead atoms. The zero-order valence-corrected chi connectivity index (χ0v) is 19.1. The SMILES string of the molecule is CC(NC(=O)C1CCN(C(=O)N2CCCC2)CC1)c1cccc(NC(=O)c2ccccc2)c1. The number of urea groups is 1. The zero-order chi connectivity index (χ0) is 23.2. The molecule has 1 atom stereocenters. The minimum absolute atomic E-state index is 0.0227. The third-order valence-corrected chi connectivity index (χ3v) is 6.55. The molecule has 174 valence electrons. The van der Waals surface area contributed by atoms with Crippen molar-refractivity contribution in [1.29, 1.82) is 0 Å². The highest BCUT2D eigenvalue weighted by molar-refractivity contribution is 6.04. The molecule has 0 aromatic heterocycles. The highest BCUT2D eigenvalue weighted by Crippen LogP contribution is 2.23. The fourth-order valence-corrected chi connectivity index (χ4v) is 4.53. The maximum atomic E-state index is 12.9. The Morgan fingerprint density at radius 3 is 2.24 bits per heavy atom. The van der Waals surface area contributed by atoms with Crippen molar-refractivity contribution in [2.45, 2.75) is 38.6 Å².